The molecule has 17 heavy (non-hydrogen) atoms. The van der Waals surface area contributed by atoms with Gasteiger partial charge < -0.3 is 5.11 Å². The molecule has 0 saturated carbocycles. The minimum Gasteiger partial charge on any atom is -0.386 e. The predicted octanol–water partition coefficient (Wildman–Crippen LogP) is 3.52. The van der Waals surface area contributed by atoms with Gasteiger partial charge in [0.25, 0.3) is 0 Å². The molecule has 2 nitrogen and oxygen atoms in total. The number of thiazole rings is 1. The standard InChI is InChI=1S/C12H11ClFNOS/c1-7-6-17-12(15-7)11(16)5-8-2-3-10(14)9(13)4-8/h2-4,6,11,16H,5H2,1H3. The number of nitrogens with zero attached hydrogens (tertiary/aromatic N) is 1. The molecule has 1 atom stereocenters. The number of hydrogen-bond donors (Lipinski definition) is 1. The number of aliphatic hydroxyl groups is 1. The van der Waals surface area contributed by atoms with Crippen LogP contribution in [0.1, 0.15) is 22.4 Å². The van der Waals surface area contributed by atoms with Gasteiger partial charge in [0.2, 0.25) is 0 Å². The van der Waals surface area contributed by atoms with Crippen LogP contribution < -0.4 is 0 Å². The number of aromatic nitrogens is 1. The Bertz CT molecular complexity index is 529. The SMILES string of the molecule is Cc1csc(C(O)Cc2ccc(F)c(Cl)c2)n1. The molecule has 5 heteroatoms. The fourth-order valence-electron chi connectivity index (χ4n) is 1.50. The maximum Gasteiger partial charge on any atom is 0.141 e. The highest BCUT2D eigenvalue weighted by atomic mass is 35.5. The van der Waals surface area contributed by atoms with Crippen molar-refractivity contribution in [2.75, 3.05) is 0 Å². The first-order valence-electron chi connectivity index (χ1n) is 5.10. The molecular formula is C12H11ClFNOS. The highest BCUT2D eigenvalue weighted by molar-refractivity contribution is 7.09. The van der Waals surface area contributed by atoms with Gasteiger partial charge in [0.15, 0.2) is 0 Å². The van der Waals surface area contributed by atoms with Crippen molar-refractivity contribution in [2.24, 2.45) is 0 Å². The molecule has 1 heterocycles. The summed E-state index contributed by atoms with van der Waals surface area (Å²) in [5.41, 5.74) is 1.68. The third kappa shape index (κ3) is 3.03. The minimum absolute atomic E-state index is 0.0741. The van der Waals surface area contributed by atoms with Crippen molar-refractivity contribution in [3.8, 4) is 0 Å². The van der Waals surface area contributed by atoms with Crippen molar-refractivity contribution >= 4 is 22.9 Å². The van der Waals surface area contributed by atoms with Crippen molar-refractivity contribution < 1.29 is 9.50 Å². The Labute approximate surface area is 108 Å². The third-order valence-corrected chi connectivity index (χ3v) is 3.69. The molecule has 1 aromatic heterocycles. The van der Waals surface area contributed by atoms with E-state index >= 15 is 0 Å². The number of hydrogen-bond acceptors (Lipinski definition) is 3. The highest BCUT2D eigenvalue weighted by Crippen LogP contribution is 2.24. The van der Waals surface area contributed by atoms with Gasteiger partial charge in [-0.3, -0.25) is 0 Å². The van der Waals surface area contributed by atoms with Crippen molar-refractivity contribution in [1.29, 1.82) is 0 Å². The quantitative estimate of drug-likeness (QED) is 0.927. The lowest BCUT2D eigenvalue weighted by molar-refractivity contribution is 0.178. The fourth-order valence-corrected chi connectivity index (χ4v) is 2.49. The van der Waals surface area contributed by atoms with Gasteiger partial charge in [-0.15, -0.1) is 11.3 Å². The lowest BCUT2D eigenvalue weighted by atomic mass is 10.1. The molecule has 2 rings (SSSR count). The molecule has 0 fully saturated rings. The van der Waals surface area contributed by atoms with E-state index in [0.717, 1.165) is 11.3 Å². The van der Waals surface area contributed by atoms with Crippen LogP contribution in [0.3, 0.4) is 0 Å². The van der Waals surface area contributed by atoms with E-state index < -0.39 is 11.9 Å². The number of benzene rings is 1. The summed E-state index contributed by atoms with van der Waals surface area (Å²) < 4.78 is 13.0. The second-order valence-electron chi connectivity index (χ2n) is 3.80. The molecule has 90 valence electrons. The molecule has 1 aromatic carbocycles. The summed E-state index contributed by atoms with van der Waals surface area (Å²) in [5.74, 6) is -0.449. The van der Waals surface area contributed by atoms with Gasteiger partial charge in [0.1, 0.15) is 16.9 Å². The first kappa shape index (κ1) is 12.5. The van der Waals surface area contributed by atoms with E-state index in [0.29, 0.717) is 11.4 Å². The molecule has 0 radical (unpaired) electrons. The fraction of sp³-hybridized carbons (Fsp3) is 0.250. The van der Waals surface area contributed by atoms with Crippen LogP contribution in [-0.2, 0) is 6.42 Å². The molecule has 0 aliphatic rings. The molecule has 0 aliphatic carbocycles. The second-order valence-corrected chi connectivity index (χ2v) is 5.09. The number of rotatable bonds is 3. The lowest BCUT2D eigenvalue weighted by Gasteiger charge is -2.08. The summed E-state index contributed by atoms with van der Waals surface area (Å²) in [4.78, 5) is 4.21. The maximum absolute atomic E-state index is 13.0. The molecule has 0 spiro atoms. The van der Waals surface area contributed by atoms with Crippen LogP contribution in [0.15, 0.2) is 23.6 Å². The second kappa shape index (κ2) is 5.12. The smallest absolute Gasteiger partial charge is 0.141 e. The van der Waals surface area contributed by atoms with Crippen LogP contribution in [0, 0.1) is 12.7 Å². The Balaban J connectivity index is 2.12. The van der Waals surface area contributed by atoms with Crippen molar-refractivity contribution in [2.45, 2.75) is 19.4 Å². The van der Waals surface area contributed by atoms with Crippen LogP contribution in [-0.4, -0.2) is 10.1 Å². The van der Waals surface area contributed by atoms with Gasteiger partial charge in [0.05, 0.1) is 5.02 Å². The Kier molecular flexibility index (Phi) is 3.76. The monoisotopic (exact) mass is 271 g/mol. The van der Waals surface area contributed by atoms with E-state index in [1.54, 1.807) is 6.07 Å². The Hall–Kier alpha value is -0.970. The molecular weight excluding hydrogens is 261 g/mol. The van der Waals surface area contributed by atoms with E-state index in [9.17, 15) is 9.50 Å². The van der Waals surface area contributed by atoms with Gasteiger partial charge in [0, 0.05) is 17.5 Å². The maximum atomic E-state index is 13.0. The summed E-state index contributed by atoms with van der Waals surface area (Å²) >= 11 is 7.09. The summed E-state index contributed by atoms with van der Waals surface area (Å²) in [6.45, 7) is 1.88. The van der Waals surface area contributed by atoms with Crippen LogP contribution in [0.5, 0.6) is 0 Å². The van der Waals surface area contributed by atoms with E-state index in [-0.39, 0.29) is 5.02 Å². The van der Waals surface area contributed by atoms with Gasteiger partial charge in [-0.2, -0.15) is 0 Å². The molecule has 1 N–H and O–H groups in total. The lowest BCUT2D eigenvalue weighted by Crippen LogP contribution is -2.01. The van der Waals surface area contributed by atoms with Gasteiger partial charge >= 0.3 is 0 Å². The molecule has 0 bridgehead atoms. The van der Waals surface area contributed by atoms with Crippen LogP contribution in [0.2, 0.25) is 5.02 Å². The number of aryl methyl sites for hydroxylation is 1. The summed E-state index contributed by atoms with van der Waals surface area (Å²) in [7, 11) is 0. The van der Waals surface area contributed by atoms with Crippen molar-refractivity contribution in [1.82, 2.24) is 4.98 Å². The highest BCUT2D eigenvalue weighted by Gasteiger charge is 2.13. The molecule has 1 unspecified atom stereocenters. The molecule has 0 amide bonds. The topological polar surface area (TPSA) is 33.1 Å². The predicted molar refractivity (Wildman–Crippen MR) is 66.9 cm³/mol. The van der Waals surface area contributed by atoms with Gasteiger partial charge in [-0.25, -0.2) is 9.37 Å². The first-order valence-corrected chi connectivity index (χ1v) is 6.36. The Morgan fingerprint density at radius 1 is 1.53 bits per heavy atom. The number of aliphatic hydroxyl groups excluding tert-OH is 1. The Morgan fingerprint density at radius 2 is 2.29 bits per heavy atom. The molecule has 0 saturated heterocycles. The van der Waals surface area contributed by atoms with Crippen LogP contribution >= 0.6 is 22.9 Å². The average molecular weight is 272 g/mol. The van der Waals surface area contributed by atoms with Crippen LogP contribution in [0.25, 0.3) is 0 Å². The van der Waals surface area contributed by atoms with Crippen molar-refractivity contribution in [3.05, 3.63) is 50.7 Å². The summed E-state index contributed by atoms with van der Waals surface area (Å²) in [6.07, 6.45) is -0.289. The van der Waals surface area contributed by atoms with Gasteiger partial charge in [-0.1, -0.05) is 17.7 Å². The van der Waals surface area contributed by atoms with Gasteiger partial charge in [-0.05, 0) is 24.6 Å². The molecule has 0 aliphatic heterocycles. The van der Waals surface area contributed by atoms with Crippen LogP contribution in [0.4, 0.5) is 4.39 Å². The Morgan fingerprint density at radius 3 is 2.88 bits per heavy atom. The zero-order chi connectivity index (χ0) is 12.4. The third-order valence-electron chi connectivity index (χ3n) is 2.33. The first-order chi connectivity index (χ1) is 8.06. The largest absolute Gasteiger partial charge is 0.386 e. The summed E-state index contributed by atoms with van der Waals surface area (Å²) in [5, 5.41) is 12.6. The van der Waals surface area contributed by atoms with E-state index in [4.69, 9.17) is 11.6 Å². The zero-order valence-electron chi connectivity index (χ0n) is 9.15. The zero-order valence-corrected chi connectivity index (χ0v) is 10.7. The van der Waals surface area contributed by atoms with E-state index in [1.165, 1.54) is 23.5 Å². The summed E-state index contributed by atoms with van der Waals surface area (Å²) in [6, 6.07) is 4.45. The van der Waals surface area contributed by atoms with E-state index in [2.05, 4.69) is 4.98 Å². The average Bonchev–Trinajstić information content (AvgIpc) is 2.70. The normalized spacial score (nSPS) is 12.7. The molecule has 2 aromatic rings. The number of halogens is 2. The van der Waals surface area contributed by atoms with Crippen molar-refractivity contribution in [3.63, 3.8) is 0 Å². The minimum atomic E-state index is -0.671. The van der Waals surface area contributed by atoms with E-state index in [1.807, 2.05) is 12.3 Å².